The molecule has 0 spiro atoms. The monoisotopic (exact) mass is 276 g/mol. The van der Waals surface area contributed by atoms with Gasteiger partial charge in [-0.15, -0.1) is 0 Å². The van der Waals surface area contributed by atoms with Crippen LogP contribution in [0.5, 0.6) is 5.75 Å². The van der Waals surface area contributed by atoms with E-state index < -0.39 is 5.97 Å². The molecule has 2 N–H and O–H groups in total. The summed E-state index contributed by atoms with van der Waals surface area (Å²) >= 11 is 6.10. The number of phenols is 1. The third-order valence-electron chi connectivity index (χ3n) is 3.13. The third kappa shape index (κ3) is 2.56. The second-order valence-electron chi connectivity index (χ2n) is 4.29. The summed E-state index contributed by atoms with van der Waals surface area (Å²) in [7, 11) is 0. The number of aromatic carboxylic acids is 1. The summed E-state index contributed by atoms with van der Waals surface area (Å²) in [5, 5.41) is 19.5. The van der Waals surface area contributed by atoms with Gasteiger partial charge in [0, 0.05) is 16.5 Å². The minimum Gasteiger partial charge on any atom is -0.507 e. The minimum absolute atomic E-state index is 0.137. The first-order chi connectivity index (χ1) is 9.02. The number of carboxylic acids is 1. The first-order valence-corrected chi connectivity index (χ1v) is 6.19. The Kier molecular flexibility index (Phi) is 3.76. The summed E-state index contributed by atoms with van der Waals surface area (Å²) in [5.74, 6) is -1.62. The maximum atomic E-state index is 11.0. The maximum absolute atomic E-state index is 11.0. The van der Waals surface area contributed by atoms with Gasteiger partial charge in [-0.25, -0.2) is 4.79 Å². The zero-order chi connectivity index (χ0) is 14.0. The molecule has 0 aliphatic heterocycles. The van der Waals surface area contributed by atoms with E-state index in [0.29, 0.717) is 10.6 Å². The minimum atomic E-state index is -1.17. The predicted molar refractivity (Wildman–Crippen MR) is 74.0 cm³/mol. The second kappa shape index (κ2) is 5.33. The van der Waals surface area contributed by atoms with Crippen LogP contribution in [0.4, 0.5) is 0 Å². The van der Waals surface area contributed by atoms with Gasteiger partial charge in [-0.05, 0) is 17.7 Å². The van der Waals surface area contributed by atoms with Crippen molar-refractivity contribution in [1.82, 2.24) is 0 Å². The Morgan fingerprint density at radius 1 is 1.16 bits per heavy atom. The van der Waals surface area contributed by atoms with Crippen molar-refractivity contribution in [3.8, 4) is 5.75 Å². The highest BCUT2D eigenvalue weighted by molar-refractivity contribution is 6.31. The zero-order valence-electron chi connectivity index (χ0n) is 10.3. The Bertz CT molecular complexity index is 608. The molecular formula is C15H13ClO3. The average Bonchev–Trinajstić information content (AvgIpc) is 2.39. The maximum Gasteiger partial charge on any atom is 0.339 e. The first kappa shape index (κ1) is 13.4. The summed E-state index contributed by atoms with van der Waals surface area (Å²) in [4.78, 5) is 11.0. The van der Waals surface area contributed by atoms with E-state index in [1.165, 1.54) is 12.1 Å². The van der Waals surface area contributed by atoms with Crippen molar-refractivity contribution in [2.75, 3.05) is 0 Å². The van der Waals surface area contributed by atoms with Crippen molar-refractivity contribution in [2.45, 2.75) is 12.8 Å². The van der Waals surface area contributed by atoms with Crippen LogP contribution in [-0.2, 0) is 0 Å². The predicted octanol–water partition coefficient (Wildman–Crippen LogP) is 3.90. The van der Waals surface area contributed by atoms with E-state index in [4.69, 9.17) is 16.7 Å². The summed E-state index contributed by atoms with van der Waals surface area (Å²) in [6.45, 7) is 1.88. The molecule has 2 aromatic carbocycles. The van der Waals surface area contributed by atoms with Crippen LogP contribution in [0.25, 0.3) is 0 Å². The van der Waals surface area contributed by atoms with Crippen molar-refractivity contribution in [2.24, 2.45) is 0 Å². The summed E-state index contributed by atoms with van der Waals surface area (Å²) in [5.41, 5.74) is 1.26. The van der Waals surface area contributed by atoms with Crippen LogP contribution < -0.4 is 0 Å². The van der Waals surface area contributed by atoms with Crippen LogP contribution in [0, 0.1) is 0 Å². The number of carboxylic acid groups (broad SMARTS) is 1. The molecule has 0 radical (unpaired) electrons. The van der Waals surface area contributed by atoms with Crippen molar-refractivity contribution < 1.29 is 15.0 Å². The molecule has 0 heterocycles. The summed E-state index contributed by atoms with van der Waals surface area (Å²) < 4.78 is 0. The lowest BCUT2D eigenvalue weighted by Gasteiger charge is -2.17. The topological polar surface area (TPSA) is 57.5 Å². The number of hydrogen-bond donors (Lipinski definition) is 2. The molecule has 0 saturated heterocycles. The lowest BCUT2D eigenvalue weighted by Crippen LogP contribution is -2.03. The molecule has 2 rings (SSSR count). The molecule has 0 aromatic heterocycles. The van der Waals surface area contributed by atoms with Crippen molar-refractivity contribution in [3.63, 3.8) is 0 Å². The Morgan fingerprint density at radius 3 is 2.37 bits per heavy atom. The van der Waals surface area contributed by atoms with E-state index in [-0.39, 0.29) is 17.2 Å². The SMILES string of the molecule is CC(c1ccccc1)c1c(Cl)ccc(C(=O)O)c1O. The Morgan fingerprint density at radius 2 is 1.79 bits per heavy atom. The van der Waals surface area contributed by atoms with Gasteiger partial charge in [0.25, 0.3) is 0 Å². The van der Waals surface area contributed by atoms with Crippen molar-refractivity contribution in [1.29, 1.82) is 0 Å². The van der Waals surface area contributed by atoms with Gasteiger partial charge in [0.15, 0.2) is 0 Å². The van der Waals surface area contributed by atoms with E-state index in [2.05, 4.69) is 0 Å². The quantitative estimate of drug-likeness (QED) is 0.894. The van der Waals surface area contributed by atoms with Gasteiger partial charge < -0.3 is 10.2 Å². The first-order valence-electron chi connectivity index (χ1n) is 5.82. The van der Waals surface area contributed by atoms with Crippen molar-refractivity contribution in [3.05, 3.63) is 64.2 Å². The number of aromatic hydroxyl groups is 1. The van der Waals surface area contributed by atoms with Crippen LogP contribution in [0.3, 0.4) is 0 Å². The van der Waals surface area contributed by atoms with Crippen molar-refractivity contribution >= 4 is 17.6 Å². The molecule has 0 aliphatic carbocycles. The molecule has 0 bridgehead atoms. The van der Waals surface area contributed by atoms with Crippen LogP contribution in [0.1, 0.15) is 34.3 Å². The molecule has 0 amide bonds. The Balaban J connectivity index is 2.56. The largest absolute Gasteiger partial charge is 0.507 e. The molecule has 2 aromatic rings. The smallest absolute Gasteiger partial charge is 0.339 e. The van der Waals surface area contributed by atoms with E-state index in [1.807, 2.05) is 37.3 Å². The van der Waals surface area contributed by atoms with Gasteiger partial charge in [-0.3, -0.25) is 0 Å². The van der Waals surface area contributed by atoms with E-state index in [9.17, 15) is 9.90 Å². The average molecular weight is 277 g/mol. The highest BCUT2D eigenvalue weighted by Crippen LogP contribution is 2.38. The Hall–Kier alpha value is -2.00. The van der Waals surface area contributed by atoms with E-state index in [0.717, 1.165) is 5.56 Å². The van der Waals surface area contributed by atoms with Gasteiger partial charge in [0.1, 0.15) is 11.3 Å². The van der Waals surface area contributed by atoms with Crippen LogP contribution >= 0.6 is 11.6 Å². The standard InChI is InChI=1S/C15H13ClO3/c1-9(10-5-3-2-4-6-10)13-12(16)8-7-11(14(13)17)15(18)19/h2-9,17H,1H3,(H,18,19). The summed E-state index contributed by atoms with van der Waals surface area (Å²) in [6, 6.07) is 12.3. The molecule has 1 atom stereocenters. The van der Waals surface area contributed by atoms with Gasteiger partial charge in [-0.1, -0.05) is 48.9 Å². The van der Waals surface area contributed by atoms with Crippen LogP contribution in [0.15, 0.2) is 42.5 Å². The fourth-order valence-electron chi connectivity index (χ4n) is 2.08. The van der Waals surface area contributed by atoms with E-state index in [1.54, 1.807) is 0 Å². The van der Waals surface area contributed by atoms with Crippen LogP contribution in [0.2, 0.25) is 5.02 Å². The lowest BCUT2D eigenvalue weighted by molar-refractivity contribution is 0.0693. The number of benzene rings is 2. The van der Waals surface area contributed by atoms with Gasteiger partial charge in [0.2, 0.25) is 0 Å². The molecule has 1 unspecified atom stereocenters. The molecule has 0 fully saturated rings. The number of hydrogen-bond acceptors (Lipinski definition) is 2. The zero-order valence-corrected chi connectivity index (χ0v) is 11.1. The van der Waals surface area contributed by atoms with Gasteiger partial charge in [0.05, 0.1) is 0 Å². The fourth-order valence-corrected chi connectivity index (χ4v) is 2.39. The lowest BCUT2D eigenvalue weighted by atomic mass is 9.91. The molecule has 3 nitrogen and oxygen atoms in total. The Labute approximate surface area is 116 Å². The third-order valence-corrected chi connectivity index (χ3v) is 3.46. The van der Waals surface area contributed by atoms with Gasteiger partial charge in [-0.2, -0.15) is 0 Å². The summed E-state index contributed by atoms with van der Waals surface area (Å²) in [6.07, 6.45) is 0. The second-order valence-corrected chi connectivity index (χ2v) is 4.70. The number of carbonyl (C=O) groups is 1. The number of halogens is 1. The fraction of sp³-hybridized carbons (Fsp3) is 0.133. The van der Waals surface area contributed by atoms with E-state index >= 15 is 0 Å². The highest BCUT2D eigenvalue weighted by Gasteiger charge is 2.21. The molecule has 98 valence electrons. The molecule has 19 heavy (non-hydrogen) atoms. The molecule has 0 aliphatic rings. The molecule has 0 saturated carbocycles. The molecule has 4 heteroatoms. The number of rotatable bonds is 3. The van der Waals surface area contributed by atoms with Crippen LogP contribution in [-0.4, -0.2) is 16.2 Å². The highest BCUT2D eigenvalue weighted by atomic mass is 35.5. The molecular weight excluding hydrogens is 264 g/mol. The normalized spacial score (nSPS) is 12.1. The van der Waals surface area contributed by atoms with Gasteiger partial charge >= 0.3 is 5.97 Å².